The summed E-state index contributed by atoms with van der Waals surface area (Å²) in [6.45, 7) is 9.08. The summed E-state index contributed by atoms with van der Waals surface area (Å²) in [6, 6.07) is 9.69. The van der Waals surface area contributed by atoms with E-state index in [0.29, 0.717) is 17.8 Å². The number of hydrogen-bond acceptors (Lipinski definition) is 11. The molecule has 13 nitrogen and oxygen atoms in total. The average Bonchev–Trinajstić information content (AvgIpc) is 2.88. The molecule has 1 fully saturated rings. The quantitative estimate of drug-likeness (QED) is 0.188. The predicted octanol–water partition coefficient (Wildman–Crippen LogP) is 4.62. The highest BCUT2D eigenvalue weighted by Crippen LogP contribution is 2.25. The fourth-order valence-corrected chi connectivity index (χ4v) is 3.75. The lowest BCUT2D eigenvalue weighted by molar-refractivity contribution is -0.384. The Kier molecular flexibility index (Phi) is 9.68. The second-order valence-corrected chi connectivity index (χ2v) is 9.21. The Morgan fingerprint density at radius 3 is 2.49 bits per heavy atom. The SMILES string of the molecule is CC(=O)O.Cc1cccc(Nc2nc(NN=Cc3cc([N+](=O)[O-])ccc3O)nc(N3CCC(C)CC3)n2)c1C. The number of nitrogens with zero attached hydrogens (tertiary/aromatic N) is 6. The Balaban J connectivity index is 0.000000983. The van der Waals surface area contributed by atoms with Crippen molar-refractivity contribution in [1.82, 2.24) is 15.0 Å². The first-order valence-electron chi connectivity index (χ1n) is 12.3. The fourth-order valence-electron chi connectivity index (χ4n) is 3.75. The van der Waals surface area contributed by atoms with Gasteiger partial charge in [-0.25, -0.2) is 5.43 Å². The molecule has 0 spiro atoms. The van der Waals surface area contributed by atoms with Gasteiger partial charge in [0.1, 0.15) is 5.75 Å². The first kappa shape index (κ1) is 28.8. The van der Waals surface area contributed by atoms with Crippen LogP contribution in [0.15, 0.2) is 41.5 Å². The summed E-state index contributed by atoms with van der Waals surface area (Å²) in [4.78, 5) is 35.2. The fraction of sp³-hybridized carbons (Fsp3) is 0.346. The molecular weight excluding hydrogens is 504 g/mol. The van der Waals surface area contributed by atoms with E-state index < -0.39 is 10.9 Å². The Labute approximate surface area is 225 Å². The molecule has 0 unspecified atom stereocenters. The smallest absolute Gasteiger partial charge is 0.300 e. The maximum absolute atomic E-state index is 11.0. The topological polar surface area (TPSA) is 179 Å². The number of carboxylic acids is 1. The van der Waals surface area contributed by atoms with Crippen LogP contribution >= 0.6 is 0 Å². The van der Waals surface area contributed by atoms with Crippen LogP contribution in [0.25, 0.3) is 0 Å². The zero-order chi connectivity index (χ0) is 28.5. The molecule has 0 aliphatic carbocycles. The molecule has 1 saturated heterocycles. The first-order valence-corrected chi connectivity index (χ1v) is 12.3. The number of phenols is 1. The number of hydrazone groups is 1. The zero-order valence-corrected chi connectivity index (χ0v) is 22.2. The van der Waals surface area contributed by atoms with Crippen molar-refractivity contribution in [2.24, 2.45) is 11.0 Å². The number of nitrogens with one attached hydrogen (secondary N) is 2. The van der Waals surface area contributed by atoms with Gasteiger partial charge in [0.2, 0.25) is 17.8 Å². The van der Waals surface area contributed by atoms with Crippen LogP contribution in [0, 0.1) is 29.9 Å². The molecule has 3 aromatic rings. The van der Waals surface area contributed by atoms with Crippen molar-refractivity contribution in [2.75, 3.05) is 28.7 Å². The van der Waals surface area contributed by atoms with E-state index in [9.17, 15) is 15.2 Å². The van der Waals surface area contributed by atoms with Crippen LogP contribution in [0.3, 0.4) is 0 Å². The minimum atomic E-state index is -0.833. The summed E-state index contributed by atoms with van der Waals surface area (Å²) in [5.41, 5.74) is 5.95. The first-order chi connectivity index (χ1) is 18.5. The maximum Gasteiger partial charge on any atom is 0.300 e. The summed E-state index contributed by atoms with van der Waals surface area (Å²) < 4.78 is 0. The van der Waals surface area contributed by atoms with Crippen LogP contribution in [0.4, 0.5) is 29.2 Å². The van der Waals surface area contributed by atoms with E-state index >= 15 is 0 Å². The lowest BCUT2D eigenvalue weighted by atomic mass is 10.00. The monoisotopic (exact) mass is 536 g/mol. The minimum Gasteiger partial charge on any atom is -0.507 e. The van der Waals surface area contributed by atoms with Gasteiger partial charge < -0.3 is 20.4 Å². The van der Waals surface area contributed by atoms with Gasteiger partial charge in [-0.2, -0.15) is 20.1 Å². The molecule has 13 heteroatoms. The van der Waals surface area contributed by atoms with Crippen molar-refractivity contribution in [3.63, 3.8) is 0 Å². The van der Waals surface area contributed by atoms with Crippen LogP contribution < -0.4 is 15.6 Å². The van der Waals surface area contributed by atoms with Gasteiger partial charge in [0, 0.05) is 43.4 Å². The van der Waals surface area contributed by atoms with E-state index in [1.54, 1.807) is 0 Å². The molecule has 0 radical (unpaired) electrons. The number of benzene rings is 2. The Morgan fingerprint density at radius 1 is 1.15 bits per heavy atom. The number of phenolic OH excluding ortho intramolecular Hbond substituents is 1. The summed E-state index contributed by atoms with van der Waals surface area (Å²) in [5.74, 6) is 0.819. The highest BCUT2D eigenvalue weighted by atomic mass is 16.6. The normalized spacial score (nSPS) is 13.5. The molecule has 39 heavy (non-hydrogen) atoms. The van der Waals surface area contributed by atoms with Crippen molar-refractivity contribution in [2.45, 2.75) is 40.5 Å². The summed E-state index contributed by atoms with van der Waals surface area (Å²) in [5, 5.41) is 35.8. The lowest BCUT2D eigenvalue weighted by Gasteiger charge is -2.30. The van der Waals surface area contributed by atoms with Gasteiger partial charge in [0.05, 0.1) is 11.1 Å². The van der Waals surface area contributed by atoms with Gasteiger partial charge in [-0.15, -0.1) is 0 Å². The molecule has 1 aliphatic rings. The van der Waals surface area contributed by atoms with Gasteiger partial charge >= 0.3 is 0 Å². The number of hydrogen-bond donors (Lipinski definition) is 4. The van der Waals surface area contributed by atoms with Crippen molar-refractivity contribution in [3.05, 3.63) is 63.2 Å². The summed E-state index contributed by atoms with van der Waals surface area (Å²) >= 11 is 0. The van der Waals surface area contributed by atoms with Gasteiger partial charge in [-0.1, -0.05) is 19.1 Å². The molecule has 4 rings (SSSR count). The van der Waals surface area contributed by atoms with E-state index in [1.165, 1.54) is 24.4 Å². The highest BCUT2D eigenvalue weighted by Gasteiger charge is 2.20. The van der Waals surface area contributed by atoms with Crippen LogP contribution in [-0.2, 0) is 4.79 Å². The van der Waals surface area contributed by atoms with Crippen LogP contribution in [0.2, 0.25) is 0 Å². The average molecular weight is 537 g/mol. The molecule has 1 aromatic heterocycles. The predicted molar refractivity (Wildman–Crippen MR) is 149 cm³/mol. The number of nitro benzene ring substituents is 1. The van der Waals surface area contributed by atoms with Crippen LogP contribution in [-0.4, -0.2) is 55.4 Å². The molecule has 206 valence electrons. The molecular formula is C26H32N8O5. The number of non-ortho nitro benzene ring substituents is 1. The molecule has 0 atom stereocenters. The summed E-state index contributed by atoms with van der Waals surface area (Å²) in [7, 11) is 0. The molecule has 1 aliphatic heterocycles. The molecule has 2 heterocycles. The lowest BCUT2D eigenvalue weighted by Crippen LogP contribution is -2.34. The third-order valence-corrected chi connectivity index (χ3v) is 6.13. The number of aromatic nitrogens is 3. The van der Waals surface area contributed by atoms with Crippen molar-refractivity contribution in [1.29, 1.82) is 0 Å². The molecule has 0 amide bonds. The minimum absolute atomic E-state index is 0.128. The maximum atomic E-state index is 11.0. The van der Waals surface area contributed by atoms with E-state index in [4.69, 9.17) is 9.90 Å². The third kappa shape index (κ3) is 8.35. The van der Waals surface area contributed by atoms with E-state index in [-0.39, 0.29) is 22.9 Å². The number of anilines is 4. The Hall–Kier alpha value is -4.81. The number of carbonyl (C=O) groups is 1. The van der Waals surface area contributed by atoms with Gasteiger partial charge in [0.15, 0.2) is 0 Å². The number of rotatable bonds is 7. The van der Waals surface area contributed by atoms with Crippen molar-refractivity contribution >= 4 is 41.4 Å². The molecule has 2 aromatic carbocycles. The van der Waals surface area contributed by atoms with Gasteiger partial charge in [-0.3, -0.25) is 14.9 Å². The van der Waals surface area contributed by atoms with Crippen LogP contribution in [0.1, 0.15) is 43.4 Å². The number of aromatic hydroxyl groups is 1. The number of nitro groups is 1. The van der Waals surface area contributed by atoms with Gasteiger partial charge in [0.25, 0.3) is 11.7 Å². The number of carboxylic acid groups (broad SMARTS) is 1. The highest BCUT2D eigenvalue weighted by molar-refractivity contribution is 5.84. The Bertz CT molecular complexity index is 1350. The number of aliphatic carboxylic acids is 1. The van der Waals surface area contributed by atoms with Gasteiger partial charge in [-0.05, 0) is 55.9 Å². The van der Waals surface area contributed by atoms with E-state index in [0.717, 1.165) is 49.7 Å². The van der Waals surface area contributed by atoms with Crippen molar-refractivity contribution in [3.8, 4) is 5.75 Å². The summed E-state index contributed by atoms with van der Waals surface area (Å²) in [6.07, 6.45) is 3.39. The second-order valence-electron chi connectivity index (χ2n) is 9.21. The third-order valence-electron chi connectivity index (χ3n) is 6.13. The zero-order valence-electron chi connectivity index (χ0n) is 22.2. The van der Waals surface area contributed by atoms with E-state index in [1.807, 2.05) is 32.0 Å². The van der Waals surface area contributed by atoms with E-state index in [2.05, 4.69) is 42.6 Å². The largest absolute Gasteiger partial charge is 0.507 e. The number of piperidine rings is 1. The standard InChI is InChI=1S/C24H28N8O3.C2H4O2/c1-15-9-11-31(12-10-15)24-28-22(26-20-6-4-5-16(2)17(20)3)27-23(29-24)30-25-14-18-13-19(32(34)35)7-8-21(18)33;1-2(3)4/h4-8,13-15,33H,9-12H2,1-3H3,(H2,26,27,28,29,30);1H3,(H,3,4). The second kappa shape index (κ2) is 13.1. The number of aryl methyl sites for hydroxylation is 1. The molecule has 0 bridgehead atoms. The Morgan fingerprint density at radius 2 is 1.82 bits per heavy atom. The molecule has 0 saturated carbocycles. The van der Waals surface area contributed by atoms with Crippen molar-refractivity contribution < 1.29 is 19.9 Å². The molecule has 4 N–H and O–H groups in total. The van der Waals surface area contributed by atoms with Crippen LogP contribution in [0.5, 0.6) is 5.75 Å².